The number of anilines is 1. The molecule has 22 heavy (non-hydrogen) atoms. The molecule has 0 spiro atoms. The predicted molar refractivity (Wildman–Crippen MR) is 86.1 cm³/mol. The van der Waals surface area contributed by atoms with Crippen molar-refractivity contribution in [1.82, 2.24) is 10.6 Å². The van der Waals surface area contributed by atoms with Gasteiger partial charge in [0.25, 0.3) is 5.91 Å². The summed E-state index contributed by atoms with van der Waals surface area (Å²) in [6.07, 6.45) is 0.249. The second-order valence-corrected chi connectivity index (χ2v) is 6.42. The van der Waals surface area contributed by atoms with Crippen molar-refractivity contribution < 1.29 is 14.3 Å². The number of rotatable bonds is 4. The number of benzene rings is 1. The van der Waals surface area contributed by atoms with Gasteiger partial charge in [-0.25, -0.2) is 0 Å². The molecule has 0 radical (unpaired) electrons. The normalized spacial score (nSPS) is 23.4. The number of amides is 2. The maximum atomic E-state index is 11.9. The Balaban J connectivity index is 1.54. The van der Waals surface area contributed by atoms with Crippen molar-refractivity contribution in [2.24, 2.45) is 0 Å². The van der Waals surface area contributed by atoms with Crippen molar-refractivity contribution >= 4 is 29.3 Å². The third-order valence-electron chi connectivity index (χ3n) is 3.72. The van der Waals surface area contributed by atoms with Crippen molar-refractivity contribution in [1.29, 1.82) is 0 Å². The minimum atomic E-state index is -0.464. The average Bonchev–Trinajstić information content (AvgIpc) is 3.03. The summed E-state index contributed by atoms with van der Waals surface area (Å²) in [6, 6.07) is 5.63. The largest absolute Gasteiger partial charge is 0.479 e. The first kappa shape index (κ1) is 15.2. The van der Waals surface area contributed by atoms with Crippen molar-refractivity contribution in [3.63, 3.8) is 0 Å². The molecule has 1 aromatic rings. The lowest BCUT2D eigenvalue weighted by Gasteiger charge is -2.23. The number of fused-ring (bicyclic) bond motifs is 1. The van der Waals surface area contributed by atoms with Crippen LogP contribution in [0.4, 0.5) is 5.69 Å². The molecule has 2 unspecified atom stereocenters. The van der Waals surface area contributed by atoms with E-state index in [-0.39, 0.29) is 17.9 Å². The monoisotopic (exact) mass is 321 g/mol. The lowest BCUT2D eigenvalue weighted by Crippen LogP contribution is -2.42. The molecule has 2 aliphatic rings. The van der Waals surface area contributed by atoms with E-state index in [4.69, 9.17) is 4.74 Å². The first-order chi connectivity index (χ1) is 10.6. The highest BCUT2D eigenvalue weighted by atomic mass is 32.2. The maximum Gasteiger partial charge on any atom is 0.265 e. The number of carbonyl (C=O) groups excluding carboxylic acids is 2. The molecule has 1 fully saturated rings. The molecule has 2 amide bonds. The number of carbonyl (C=O) groups is 2. The van der Waals surface area contributed by atoms with Gasteiger partial charge < -0.3 is 15.4 Å². The number of hydrogen-bond donors (Lipinski definition) is 3. The summed E-state index contributed by atoms with van der Waals surface area (Å²) < 4.78 is 5.52. The highest BCUT2D eigenvalue weighted by Crippen LogP contribution is 2.30. The minimum absolute atomic E-state index is 0.0495. The Morgan fingerprint density at radius 2 is 2.36 bits per heavy atom. The van der Waals surface area contributed by atoms with Crippen molar-refractivity contribution in [2.75, 3.05) is 23.5 Å². The molecule has 1 aromatic carbocycles. The van der Waals surface area contributed by atoms with Gasteiger partial charge in [0, 0.05) is 18.2 Å². The van der Waals surface area contributed by atoms with Gasteiger partial charge in [-0.15, -0.1) is 11.8 Å². The Morgan fingerprint density at radius 3 is 3.14 bits per heavy atom. The average molecular weight is 321 g/mol. The van der Waals surface area contributed by atoms with Crippen LogP contribution in [0.2, 0.25) is 0 Å². The Hall–Kier alpha value is -1.73. The van der Waals surface area contributed by atoms with Crippen LogP contribution in [0.5, 0.6) is 5.75 Å². The number of thioether (sulfide) groups is 1. The lowest BCUT2D eigenvalue weighted by atomic mass is 10.1. The SMILES string of the molecule is CC1Oc2ccc(CCNC(=O)C3CSCN3)cc2NC1=O. The van der Waals surface area contributed by atoms with Gasteiger partial charge in [0.05, 0.1) is 11.7 Å². The molecule has 3 N–H and O–H groups in total. The second kappa shape index (κ2) is 6.58. The molecule has 3 rings (SSSR count). The van der Waals surface area contributed by atoms with Gasteiger partial charge in [0.2, 0.25) is 5.91 Å². The summed E-state index contributed by atoms with van der Waals surface area (Å²) in [7, 11) is 0. The van der Waals surface area contributed by atoms with E-state index in [1.165, 1.54) is 0 Å². The number of ether oxygens (including phenoxy) is 1. The molecule has 2 heterocycles. The van der Waals surface area contributed by atoms with E-state index >= 15 is 0 Å². The third-order valence-corrected chi connectivity index (χ3v) is 4.66. The van der Waals surface area contributed by atoms with E-state index in [0.29, 0.717) is 24.4 Å². The molecule has 7 heteroatoms. The van der Waals surface area contributed by atoms with Crippen LogP contribution in [-0.4, -0.2) is 42.1 Å². The third kappa shape index (κ3) is 3.36. The molecule has 118 valence electrons. The molecule has 2 atom stereocenters. The molecule has 1 saturated heterocycles. The van der Waals surface area contributed by atoms with E-state index in [2.05, 4.69) is 16.0 Å². The zero-order valence-electron chi connectivity index (χ0n) is 12.3. The molecule has 0 bridgehead atoms. The van der Waals surface area contributed by atoms with E-state index in [1.54, 1.807) is 18.7 Å². The predicted octanol–water partition coefficient (Wildman–Crippen LogP) is 0.727. The van der Waals surface area contributed by atoms with Crippen LogP contribution in [0.3, 0.4) is 0 Å². The zero-order valence-corrected chi connectivity index (χ0v) is 13.2. The van der Waals surface area contributed by atoms with Crippen LogP contribution in [0.15, 0.2) is 18.2 Å². The fourth-order valence-electron chi connectivity index (χ4n) is 2.43. The smallest absolute Gasteiger partial charge is 0.265 e. The van der Waals surface area contributed by atoms with Crippen LogP contribution in [0, 0.1) is 0 Å². The van der Waals surface area contributed by atoms with Gasteiger partial charge in [0.1, 0.15) is 5.75 Å². The quantitative estimate of drug-likeness (QED) is 0.762. The summed E-state index contributed by atoms with van der Waals surface area (Å²) in [5.74, 6) is 2.26. The second-order valence-electron chi connectivity index (χ2n) is 5.39. The molecule has 0 saturated carbocycles. The van der Waals surface area contributed by atoms with E-state index in [1.807, 2.05) is 18.2 Å². The molecular weight excluding hydrogens is 302 g/mol. The van der Waals surface area contributed by atoms with Crippen LogP contribution in [0.25, 0.3) is 0 Å². The minimum Gasteiger partial charge on any atom is -0.479 e. The van der Waals surface area contributed by atoms with Gasteiger partial charge in [-0.05, 0) is 31.0 Å². The van der Waals surface area contributed by atoms with Crippen LogP contribution in [-0.2, 0) is 16.0 Å². The highest BCUT2D eigenvalue weighted by Gasteiger charge is 2.24. The molecule has 2 aliphatic heterocycles. The Labute approximate surface area is 133 Å². The maximum absolute atomic E-state index is 11.9. The van der Waals surface area contributed by atoms with Crippen LogP contribution < -0.4 is 20.7 Å². The summed E-state index contributed by atoms with van der Waals surface area (Å²) >= 11 is 1.73. The van der Waals surface area contributed by atoms with Gasteiger partial charge in [0.15, 0.2) is 6.10 Å². The molecule has 0 aliphatic carbocycles. The highest BCUT2D eigenvalue weighted by molar-refractivity contribution is 7.99. The number of hydrogen-bond acceptors (Lipinski definition) is 5. The summed E-state index contributed by atoms with van der Waals surface area (Å²) in [5.41, 5.74) is 1.74. The number of nitrogens with one attached hydrogen (secondary N) is 3. The van der Waals surface area contributed by atoms with Crippen molar-refractivity contribution in [3.05, 3.63) is 23.8 Å². The van der Waals surface area contributed by atoms with Crippen LogP contribution in [0.1, 0.15) is 12.5 Å². The lowest BCUT2D eigenvalue weighted by molar-refractivity contribution is -0.123. The van der Waals surface area contributed by atoms with Crippen molar-refractivity contribution in [2.45, 2.75) is 25.5 Å². The zero-order chi connectivity index (χ0) is 15.5. The summed E-state index contributed by atoms with van der Waals surface area (Å²) in [6.45, 7) is 2.29. The molecular formula is C15H19N3O3S. The van der Waals surface area contributed by atoms with E-state index < -0.39 is 6.10 Å². The van der Waals surface area contributed by atoms with Gasteiger partial charge in [-0.3, -0.25) is 14.9 Å². The van der Waals surface area contributed by atoms with Crippen LogP contribution >= 0.6 is 11.8 Å². The standard InChI is InChI=1S/C15H19N3O3S/c1-9-14(19)18-11-6-10(2-3-13(11)21-9)4-5-16-15(20)12-7-22-8-17-12/h2-3,6,9,12,17H,4-5,7-8H2,1H3,(H,16,20)(H,18,19). The Bertz CT molecular complexity index is 587. The molecule has 6 nitrogen and oxygen atoms in total. The van der Waals surface area contributed by atoms with Gasteiger partial charge in [-0.2, -0.15) is 0 Å². The Kier molecular flexibility index (Phi) is 4.54. The summed E-state index contributed by atoms with van der Waals surface area (Å²) in [4.78, 5) is 23.5. The Morgan fingerprint density at radius 1 is 1.50 bits per heavy atom. The fourth-order valence-corrected chi connectivity index (χ4v) is 3.37. The van der Waals surface area contributed by atoms with Crippen molar-refractivity contribution in [3.8, 4) is 5.75 Å². The van der Waals surface area contributed by atoms with E-state index in [9.17, 15) is 9.59 Å². The van der Waals surface area contributed by atoms with E-state index in [0.717, 1.165) is 17.2 Å². The topological polar surface area (TPSA) is 79.5 Å². The summed E-state index contributed by atoms with van der Waals surface area (Å²) in [5, 5.41) is 8.91. The fraction of sp³-hybridized carbons (Fsp3) is 0.467. The first-order valence-corrected chi connectivity index (χ1v) is 8.48. The molecule has 0 aromatic heterocycles. The van der Waals surface area contributed by atoms with Gasteiger partial charge in [-0.1, -0.05) is 6.07 Å². The first-order valence-electron chi connectivity index (χ1n) is 7.33. The van der Waals surface area contributed by atoms with Gasteiger partial charge >= 0.3 is 0 Å².